The summed E-state index contributed by atoms with van der Waals surface area (Å²) < 4.78 is 0. The smallest absolute Gasteiger partial charge is 0.255 e. The molecule has 4 nitrogen and oxygen atoms in total. The van der Waals surface area contributed by atoms with Gasteiger partial charge in [0.05, 0.1) is 22.3 Å². The molecular weight excluding hydrogens is 286 g/mol. The lowest BCUT2D eigenvalue weighted by Crippen LogP contribution is -2.12. The second kappa shape index (κ2) is 5.47. The molecule has 5 heteroatoms. The fourth-order valence-electron chi connectivity index (χ4n) is 2.32. The summed E-state index contributed by atoms with van der Waals surface area (Å²) in [5.74, 6) is -0.247. The van der Waals surface area contributed by atoms with Gasteiger partial charge in [-0.25, -0.2) is 0 Å². The van der Waals surface area contributed by atoms with Crippen LogP contribution in [0.3, 0.4) is 0 Å². The number of anilines is 2. The third-order valence-corrected chi connectivity index (χ3v) is 3.76. The molecule has 0 aromatic heterocycles. The third kappa shape index (κ3) is 2.69. The number of nitrogens with zero attached hydrogens (tertiary/aromatic N) is 1. The molecule has 0 saturated carbocycles. The van der Waals surface area contributed by atoms with Crippen LogP contribution in [0.5, 0.6) is 0 Å². The number of nitriles is 1. The van der Waals surface area contributed by atoms with E-state index in [0.29, 0.717) is 21.8 Å². The Morgan fingerprint density at radius 3 is 2.95 bits per heavy atom. The van der Waals surface area contributed by atoms with E-state index in [0.717, 1.165) is 18.7 Å². The summed E-state index contributed by atoms with van der Waals surface area (Å²) in [6.07, 6.45) is 0.979. The van der Waals surface area contributed by atoms with Crippen LogP contribution in [0.1, 0.15) is 21.5 Å². The lowest BCUT2D eigenvalue weighted by atomic mass is 10.1. The number of amides is 1. The minimum atomic E-state index is -0.247. The van der Waals surface area contributed by atoms with E-state index >= 15 is 0 Å². The van der Waals surface area contributed by atoms with Gasteiger partial charge in [0.25, 0.3) is 5.91 Å². The molecule has 0 bridgehead atoms. The van der Waals surface area contributed by atoms with Crippen molar-refractivity contribution in [3.05, 3.63) is 58.1 Å². The summed E-state index contributed by atoms with van der Waals surface area (Å²) in [5, 5.41) is 15.3. The summed E-state index contributed by atoms with van der Waals surface area (Å²) in [6, 6.07) is 12.4. The molecule has 0 atom stereocenters. The first-order valence-corrected chi connectivity index (χ1v) is 6.93. The van der Waals surface area contributed by atoms with Gasteiger partial charge in [0, 0.05) is 17.8 Å². The normalized spacial score (nSPS) is 12.2. The highest BCUT2D eigenvalue weighted by Crippen LogP contribution is 2.26. The van der Waals surface area contributed by atoms with Crippen molar-refractivity contribution in [3.63, 3.8) is 0 Å². The molecule has 0 radical (unpaired) electrons. The SMILES string of the molecule is N#Cc1ccc(Cl)c(NC(=O)c2ccc3c(c2)NCC3)c1. The van der Waals surface area contributed by atoms with Crippen molar-refractivity contribution < 1.29 is 4.79 Å². The quantitative estimate of drug-likeness (QED) is 0.892. The predicted octanol–water partition coefficient (Wildman–Crippen LogP) is 3.43. The van der Waals surface area contributed by atoms with Gasteiger partial charge >= 0.3 is 0 Å². The number of carbonyl (C=O) groups is 1. The fourth-order valence-corrected chi connectivity index (χ4v) is 2.48. The van der Waals surface area contributed by atoms with Crippen LogP contribution < -0.4 is 10.6 Å². The van der Waals surface area contributed by atoms with Crippen molar-refractivity contribution in [2.45, 2.75) is 6.42 Å². The van der Waals surface area contributed by atoms with E-state index < -0.39 is 0 Å². The van der Waals surface area contributed by atoms with Gasteiger partial charge in [-0.05, 0) is 42.3 Å². The summed E-state index contributed by atoms with van der Waals surface area (Å²) in [4.78, 5) is 12.3. The van der Waals surface area contributed by atoms with E-state index in [9.17, 15) is 4.79 Å². The zero-order valence-corrected chi connectivity index (χ0v) is 11.9. The van der Waals surface area contributed by atoms with Crippen LogP contribution in [0.25, 0.3) is 0 Å². The van der Waals surface area contributed by atoms with Gasteiger partial charge in [-0.2, -0.15) is 5.26 Å². The molecule has 1 aliphatic rings. The van der Waals surface area contributed by atoms with Gasteiger partial charge in [-0.1, -0.05) is 17.7 Å². The van der Waals surface area contributed by atoms with Crippen LogP contribution in [0.2, 0.25) is 5.02 Å². The number of hydrogen-bond acceptors (Lipinski definition) is 3. The van der Waals surface area contributed by atoms with Crippen LogP contribution in [0.4, 0.5) is 11.4 Å². The lowest BCUT2D eigenvalue weighted by molar-refractivity contribution is 0.102. The maximum Gasteiger partial charge on any atom is 0.255 e. The van der Waals surface area contributed by atoms with E-state index in [1.54, 1.807) is 24.3 Å². The molecule has 3 rings (SSSR count). The second-order valence-electron chi connectivity index (χ2n) is 4.81. The molecule has 1 heterocycles. The monoisotopic (exact) mass is 297 g/mol. The highest BCUT2D eigenvalue weighted by atomic mass is 35.5. The molecule has 2 aromatic carbocycles. The van der Waals surface area contributed by atoms with Crippen LogP contribution >= 0.6 is 11.6 Å². The van der Waals surface area contributed by atoms with Crippen molar-refractivity contribution in [1.29, 1.82) is 5.26 Å². The molecule has 0 fully saturated rings. The largest absolute Gasteiger partial charge is 0.384 e. The maximum atomic E-state index is 12.3. The van der Waals surface area contributed by atoms with Crippen LogP contribution in [0.15, 0.2) is 36.4 Å². The Balaban J connectivity index is 1.85. The predicted molar refractivity (Wildman–Crippen MR) is 82.8 cm³/mol. The Morgan fingerprint density at radius 1 is 1.29 bits per heavy atom. The van der Waals surface area contributed by atoms with E-state index in [-0.39, 0.29) is 5.91 Å². The number of nitrogens with one attached hydrogen (secondary N) is 2. The van der Waals surface area contributed by atoms with Gasteiger partial charge in [0.2, 0.25) is 0 Å². The number of hydrogen-bond donors (Lipinski definition) is 2. The molecule has 0 spiro atoms. The molecule has 0 saturated heterocycles. The molecule has 1 aliphatic heterocycles. The molecular formula is C16H12ClN3O. The standard InChI is InChI=1S/C16H12ClN3O/c17-13-4-1-10(9-18)7-15(13)20-16(21)12-3-2-11-5-6-19-14(11)8-12/h1-4,7-8,19H,5-6H2,(H,20,21). The molecule has 21 heavy (non-hydrogen) atoms. The van der Waals surface area contributed by atoms with Gasteiger partial charge in [0.15, 0.2) is 0 Å². The Kier molecular flexibility index (Phi) is 3.51. The number of benzene rings is 2. The average molecular weight is 298 g/mol. The van der Waals surface area contributed by atoms with Crippen molar-refractivity contribution in [2.75, 3.05) is 17.2 Å². The first-order valence-electron chi connectivity index (χ1n) is 6.55. The highest BCUT2D eigenvalue weighted by Gasteiger charge is 2.14. The number of carbonyl (C=O) groups excluding carboxylic acids is 1. The summed E-state index contributed by atoms with van der Waals surface area (Å²) in [5.41, 5.74) is 3.66. The van der Waals surface area contributed by atoms with E-state index in [1.807, 2.05) is 18.2 Å². The van der Waals surface area contributed by atoms with E-state index in [1.165, 1.54) is 5.56 Å². The zero-order chi connectivity index (χ0) is 14.8. The lowest BCUT2D eigenvalue weighted by Gasteiger charge is -2.09. The Bertz CT molecular complexity index is 765. The number of rotatable bonds is 2. The molecule has 2 aromatic rings. The summed E-state index contributed by atoms with van der Waals surface area (Å²) in [7, 11) is 0. The van der Waals surface area contributed by atoms with Crippen LogP contribution in [0, 0.1) is 11.3 Å². The molecule has 0 aliphatic carbocycles. The van der Waals surface area contributed by atoms with Crippen molar-refractivity contribution in [3.8, 4) is 6.07 Å². The molecule has 1 amide bonds. The Labute approximate surface area is 127 Å². The molecule has 2 N–H and O–H groups in total. The van der Waals surface area contributed by atoms with Crippen LogP contribution in [-0.2, 0) is 6.42 Å². The maximum absolute atomic E-state index is 12.3. The summed E-state index contributed by atoms with van der Waals surface area (Å²) in [6.45, 7) is 0.899. The van der Waals surface area contributed by atoms with Crippen molar-refractivity contribution in [2.24, 2.45) is 0 Å². The van der Waals surface area contributed by atoms with Crippen molar-refractivity contribution in [1.82, 2.24) is 0 Å². The van der Waals surface area contributed by atoms with E-state index in [2.05, 4.69) is 10.6 Å². The summed E-state index contributed by atoms with van der Waals surface area (Å²) >= 11 is 6.04. The average Bonchev–Trinajstić information content (AvgIpc) is 2.96. The number of halogens is 1. The van der Waals surface area contributed by atoms with Gasteiger partial charge in [0.1, 0.15) is 0 Å². The second-order valence-corrected chi connectivity index (χ2v) is 5.22. The van der Waals surface area contributed by atoms with Crippen LogP contribution in [-0.4, -0.2) is 12.5 Å². The topological polar surface area (TPSA) is 64.9 Å². The van der Waals surface area contributed by atoms with Gasteiger partial charge < -0.3 is 10.6 Å². The number of fused-ring (bicyclic) bond motifs is 1. The Morgan fingerprint density at radius 2 is 2.14 bits per heavy atom. The zero-order valence-electron chi connectivity index (χ0n) is 11.1. The van der Waals surface area contributed by atoms with Gasteiger partial charge in [-0.3, -0.25) is 4.79 Å². The Hall–Kier alpha value is -2.51. The minimum Gasteiger partial charge on any atom is -0.384 e. The minimum absolute atomic E-state index is 0.247. The molecule has 104 valence electrons. The fraction of sp³-hybridized carbons (Fsp3) is 0.125. The first-order chi connectivity index (χ1) is 10.2. The first kappa shape index (κ1) is 13.5. The third-order valence-electron chi connectivity index (χ3n) is 3.43. The molecule has 0 unspecified atom stereocenters. The van der Waals surface area contributed by atoms with Crippen molar-refractivity contribution >= 4 is 28.9 Å². The highest BCUT2D eigenvalue weighted by molar-refractivity contribution is 6.34. The van der Waals surface area contributed by atoms with Gasteiger partial charge in [-0.15, -0.1) is 0 Å². The van der Waals surface area contributed by atoms with E-state index in [4.69, 9.17) is 16.9 Å².